The third kappa shape index (κ3) is 1.91. The summed E-state index contributed by atoms with van der Waals surface area (Å²) in [7, 11) is 0. The zero-order chi connectivity index (χ0) is 13.7. The Morgan fingerprint density at radius 2 is 1.85 bits per heavy atom. The van der Waals surface area contributed by atoms with Crippen molar-refractivity contribution in [3.8, 4) is 0 Å². The molecule has 108 valence electrons. The predicted molar refractivity (Wildman–Crippen MR) is 78.3 cm³/mol. The highest BCUT2D eigenvalue weighted by Gasteiger charge is 2.47. The van der Waals surface area contributed by atoms with E-state index in [0.717, 1.165) is 36.1 Å². The Morgan fingerprint density at radius 3 is 2.50 bits per heavy atom. The highest BCUT2D eigenvalue weighted by atomic mass is 16.1. The molecule has 5 heteroatoms. The quantitative estimate of drug-likeness (QED) is 0.785. The lowest BCUT2D eigenvalue weighted by Gasteiger charge is -2.54. The summed E-state index contributed by atoms with van der Waals surface area (Å²) in [5.74, 6) is 5.03. The highest BCUT2D eigenvalue weighted by molar-refractivity contribution is 5.58. The first-order chi connectivity index (χ1) is 9.70. The number of nitrogens with two attached hydrogens (primary N) is 1. The van der Waals surface area contributed by atoms with E-state index in [1.165, 1.54) is 38.4 Å². The fraction of sp³-hybridized carbons (Fsp3) is 0.733. The average Bonchev–Trinajstić information content (AvgIpc) is 2.41. The molecule has 20 heavy (non-hydrogen) atoms. The zero-order valence-corrected chi connectivity index (χ0v) is 11.6. The van der Waals surface area contributed by atoms with E-state index in [0.29, 0.717) is 5.82 Å². The Morgan fingerprint density at radius 1 is 1.20 bits per heavy atom. The Balaban J connectivity index is 1.47. The van der Waals surface area contributed by atoms with Gasteiger partial charge in [-0.3, -0.25) is 4.79 Å². The number of H-pyrrole nitrogens is 1. The lowest BCUT2D eigenvalue weighted by atomic mass is 9.52. The van der Waals surface area contributed by atoms with Gasteiger partial charge in [-0.05, 0) is 61.7 Å². The van der Waals surface area contributed by atoms with Gasteiger partial charge in [0.25, 0.3) is 5.56 Å². The third-order valence-corrected chi connectivity index (χ3v) is 5.82. The van der Waals surface area contributed by atoms with Gasteiger partial charge >= 0.3 is 0 Å². The van der Waals surface area contributed by atoms with E-state index in [9.17, 15) is 4.79 Å². The lowest BCUT2D eigenvalue weighted by molar-refractivity contribution is -0.0305. The zero-order valence-electron chi connectivity index (χ0n) is 11.6. The molecule has 4 aliphatic carbocycles. The fourth-order valence-corrected chi connectivity index (χ4v) is 5.14. The van der Waals surface area contributed by atoms with Crippen LogP contribution >= 0.6 is 0 Å². The van der Waals surface area contributed by atoms with Gasteiger partial charge in [0.05, 0.1) is 6.33 Å². The van der Waals surface area contributed by atoms with E-state index in [-0.39, 0.29) is 11.2 Å². The number of nitrogen functional groups attached to an aromatic ring is 1. The van der Waals surface area contributed by atoms with Crippen LogP contribution in [0.1, 0.15) is 32.1 Å². The second kappa shape index (κ2) is 4.50. The molecule has 5 nitrogen and oxygen atoms in total. The maximum atomic E-state index is 11.5. The molecule has 0 radical (unpaired) electrons. The SMILES string of the molecule is Nc1c(NCC2C3CC4CC(C3)CC2C4)nc[nH]c1=O. The number of rotatable bonds is 3. The smallest absolute Gasteiger partial charge is 0.276 e. The summed E-state index contributed by atoms with van der Waals surface area (Å²) >= 11 is 0. The number of nitrogens with one attached hydrogen (secondary N) is 2. The molecule has 4 bridgehead atoms. The normalized spacial score (nSPS) is 38.1. The maximum Gasteiger partial charge on any atom is 0.276 e. The standard InChI is InChI=1S/C15H22N4O/c16-13-14(18-7-19-15(13)20)17-6-12-10-2-8-1-9(4-10)5-11(12)3-8/h7-12H,1-6,16H2,(H2,17,18,19,20). The van der Waals surface area contributed by atoms with Crippen LogP contribution in [0.2, 0.25) is 0 Å². The Hall–Kier alpha value is -1.52. The summed E-state index contributed by atoms with van der Waals surface area (Å²) in [5, 5.41) is 3.33. The van der Waals surface area contributed by atoms with Crippen molar-refractivity contribution in [2.75, 3.05) is 17.6 Å². The largest absolute Gasteiger partial charge is 0.391 e. The summed E-state index contributed by atoms with van der Waals surface area (Å²) in [6, 6.07) is 0. The van der Waals surface area contributed by atoms with E-state index < -0.39 is 0 Å². The lowest BCUT2D eigenvalue weighted by Crippen LogP contribution is -2.47. The number of anilines is 2. The molecule has 0 aromatic carbocycles. The molecule has 0 saturated heterocycles. The number of nitrogens with zero attached hydrogens (tertiary/aromatic N) is 1. The molecule has 5 rings (SSSR count). The van der Waals surface area contributed by atoms with E-state index in [1.807, 2.05) is 0 Å². The Kier molecular flexibility index (Phi) is 2.75. The van der Waals surface area contributed by atoms with Gasteiger partial charge in [0.2, 0.25) is 0 Å². The molecule has 1 heterocycles. The molecule has 0 aliphatic heterocycles. The summed E-state index contributed by atoms with van der Waals surface area (Å²) in [4.78, 5) is 18.1. The second-order valence-corrected chi connectivity index (χ2v) is 6.97. The summed E-state index contributed by atoms with van der Waals surface area (Å²) < 4.78 is 0. The Bertz CT molecular complexity index is 539. The predicted octanol–water partition coefficient (Wildman–Crippen LogP) is 1.84. The van der Waals surface area contributed by atoms with Crippen LogP contribution in [-0.4, -0.2) is 16.5 Å². The second-order valence-electron chi connectivity index (χ2n) is 6.97. The van der Waals surface area contributed by atoms with Crippen molar-refractivity contribution in [2.45, 2.75) is 32.1 Å². The van der Waals surface area contributed by atoms with Gasteiger partial charge in [-0.1, -0.05) is 0 Å². The van der Waals surface area contributed by atoms with Crippen LogP contribution in [0.15, 0.2) is 11.1 Å². The third-order valence-electron chi connectivity index (χ3n) is 5.82. The van der Waals surface area contributed by atoms with Crippen LogP contribution in [-0.2, 0) is 0 Å². The van der Waals surface area contributed by atoms with Crippen molar-refractivity contribution < 1.29 is 0 Å². The number of hydrogen-bond donors (Lipinski definition) is 3. The van der Waals surface area contributed by atoms with Gasteiger partial charge in [0, 0.05) is 6.54 Å². The van der Waals surface area contributed by atoms with Gasteiger partial charge in [-0.2, -0.15) is 0 Å². The molecule has 1 aromatic rings. The van der Waals surface area contributed by atoms with Crippen LogP contribution in [0.4, 0.5) is 11.5 Å². The van der Waals surface area contributed by atoms with Crippen molar-refractivity contribution in [3.63, 3.8) is 0 Å². The van der Waals surface area contributed by atoms with Gasteiger partial charge in [-0.15, -0.1) is 0 Å². The average molecular weight is 274 g/mol. The number of hydrogen-bond acceptors (Lipinski definition) is 4. The molecular formula is C15H22N4O. The minimum Gasteiger partial charge on any atom is -0.391 e. The van der Waals surface area contributed by atoms with Crippen molar-refractivity contribution in [1.82, 2.24) is 9.97 Å². The molecule has 0 amide bonds. The first-order valence-electron chi connectivity index (χ1n) is 7.77. The molecular weight excluding hydrogens is 252 g/mol. The molecule has 4 aliphatic rings. The topological polar surface area (TPSA) is 83.8 Å². The van der Waals surface area contributed by atoms with Gasteiger partial charge in [0.1, 0.15) is 5.69 Å². The molecule has 4 N–H and O–H groups in total. The van der Waals surface area contributed by atoms with Crippen molar-refractivity contribution in [2.24, 2.45) is 29.6 Å². The number of aromatic amines is 1. The van der Waals surface area contributed by atoms with Crippen molar-refractivity contribution in [1.29, 1.82) is 0 Å². The molecule has 4 fully saturated rings. The van der Waals surface area contributed by atoms with E-state index >= 15 is 0 Å². The molecule has 0 spiro atoms. The monoisotopic (exact) mass is 274 g/mol. The molecule has 1 aromatic heterocycles. The summed E-state index contributed by atoms with van der Waals surface area (Å²) in [6.45, 7) is 0.912. The van der Waals surface area contributed by atoms with Gasteiger partial charge < -0.3 is 16.0 Å². The molecule has 0 atom stereocenters. The van der Waals surface area contributed by atoms with Crippen LogP contribution in [0.25, 0.3) is 0 Å². The Labute approximate surface area is 118 Å². The molecule has 4 saturated carbocycles. The van der Waals surface area contributed by atoms with Crippen LogP contribution in [0, 0.1) is 29.6 Å². The first kappa shape index (κ1) is 12.2. The van der Waals surface area contributed by atoms with E-state index in [2.05, 4.69) is 15.3 Å². The minimum absolute atomic E-state index is 0.205. The van der Waals surface area contributed by atoms with Crippen LogP contribution in [0.5, 0.6) is 0 Å². The van der Waals surface area contributed by atoms with E-state index in [1.54, 1.807) is 0 Å². The summed E-state index contributed by atoms with van der Waals surface area (Å²) in [5.41, 5.74) is 5.72. The van der Waals surface area contributed by atoms with E-state index in [4.69, 9.17) is 5.73 Å². The van der Waals surface area contributed by atoms with Gasteiger partial charge in [-0.25, -0.2) is 4.98 Å². The summed E-state index contributed by atoms with van der Waals surface area (Å²) in [6.07, 6.45) is 8.55. The fourth-order valence-electron chi connectivity index (χ4n) is 5.14. The van der Waals surface area contributed by atoms with Gasteiger partial charge in [0.15, 0.2) is 5.82 Å². The van der Waals surface area contributed by atoms with Crippen LogP contribution < -0.4 is 16.6 Å². The van der Waals surface area contributed by atoms with Crippen molar-refractivity contribution in [3.05, 3.63) is 16.7 Å². The van der Waals surface area contributed by atoms with Crippen LogP contribution in [0.3, 0.4) is 0 Å². The number of aromatic nitrogens is 2. The highest BCUT2D eigenvalue weighted by Crippen LogP contribution is 2.56. The first-order valence-corrected chi connectivity index (χ1v) is 7.77. The maximum absolute atomic E-state index is 11.5. The minimum atomic E-state index is -0.257. The molecule has 0 unspecified atom stereocenters. The van der Waals surface area contributed by atoms with Crippen molar-refractivity contribution >= 4 is 11.5 Å².